The summed E-state index contributed by atoms with van der Waals surface area (Å²) in [5.41, 5.74) is 4.02. The fourth-order valence-corrected chi connectivity index (χ4v) is 2.05. The van der Waals surface area contributed by atoms with Gasteiger partial charge in [-0.2, -0.15) is 0 Å². The number of nitrogens with one attached hydrogen (secondary N) is 1. The number of hydrogen-bond donors (Lipinski definition) is 1. The Morgan fingerprint density at radius 2 is 2.35 bits per heavy atom. The molecule has 4 heteroatoms. The molecule has 1 unspecified atom stereocenters. The lowest BCUT2D eigenvalue weighted by atomic mass is 10.1. The van der Waals surface area contributed by atoms with Crippen LogP contribution in [0.2, 0.25) is 0 Å². The average molecular weight is 248 g/mol. The lowest BCUT2D eigenvalue weighted by molar-refractivity contribution is 0.301. The summed E-state index contributed by atoms with van der Waals surface area (Å²) >= 11 is 1.59. The van der Waals surface area contributed by atoms with Gasteiger partial charge in [-0.1, -0.05) is 12.1 Å². The summed E-state index contributed by atoms with van der Waals surface area (Å²) in [5, 5.41) is 5.21. The normalized spacial score (nSPS) is 12.4. The third kappa shape index (κ3) is 3.28. The fourth-order valence-electron chi connectivity index (χ4n) is 1.51. The molecule has 0 aliphatic carbocycles. The van der Waals surface area contributed by atoms with Gasteiger partial charge in [0.05, 0.1) is 11.2 Å². The predicted octanol–water partition coefficient (Wildman–Crippen LogP) is 3.00. The molecule has 1 aromatic heterocycles. The van der Waals surface area contributed by atoms with Gasteiger partial charge in [-0.25, -0.2) is 4.98 Å². The lowest BCUT2D eigenvalue weighted by Gasteiger charge is -2.12. The summed E-state index contributed by atoms with van der Waals surface area (Å²) in [4.78, 5) is 4.19. The van der Waals surface area contributed by atoms with E-state index in [1.54, 1.807) is 11.3 Å². The molecule has 0 aliphatic rings. The minimum Gasteiger partial charge on any atom is -0.487 e. The van der Waals surface area contributed by atoms with Crippen LogP contribution in [0.5, 0.6) is 5.75 Å². The zero-order chi connectivity index (χ0) is 12.1. The zero-order valence-corrected chi connectivity index (χ0v) is 10.8. The molecule has 1 aromatic carbocycles. The Morgan fingerprint density at radius 1 is 1.47 bits per heavy atom. The molecule has 0 saturated heterocycles. The number of benzene rings is 1. The third-order valence-electron chi connectivity index (χ3n) is 2.66. The van der Waals surface area contributed by atoms with Gasteiger partial charge in [0, 0.05) is 11.4 Å². The van der Waals surface area contributed by atoms with Gasteiger partial charge in [0.25, 0.3) is 0 Å². The van der Waals surface area contributed by atoms with E-state index in [4.69, 9.17) is 4.74 Å². The summed E-state index contributed by atoms with van der Waals surface area (Å²) in [6.45, 7) is 2.65. The first-order chi connectivity index (χ1) is 8.29. The van der Waals surface area contributed by atoms with E-state index in [0.29, 0.717) is 12.6 Å². The molecule has 2 aromatic rings. The van der Waals surface area contributed by atoms with Crippen LogP contribution in [0.4, 0.5) is 0 Å². The molecule has 1 atom stereocenters. The van der Waals surface area contributed by atoms with Crippen molar-refractivity contribution in [3.8, 4) is 5.75 Å². The Bertz CT molecular complexity index is 456. The third-order valence-corrected chi connectivity index (χ3v) is 3.30. The number of ether oxygens (including phenoxy) is 1. The minimum atomic E-state index is 0.331. The monoisotopic (exact) mass is 248 g/mol. The van der Waals surface area contributed by atoms with E-state index < -0.39 is 0 Å². The van der Waals surface area contributed by atoms with Gasteiger partial charge >= 0.3 is 0 Å². The summed E-state index contributed by atoms with van der Waals surface area (Å²) in [6, 6.07) is 8.47. The van der Waals surface area contributed by atoms with Crippen molar-refractivity contribution in [3.05, 3.63) is 46.4 Å². The van der Waals surface area contributed by atoms with E-state index in [-0.39, 0.29) is 0 Å². The number of rotatable bonds is 5. The van der Waals surface area contributed by atoms with Gasteiger partial charge in [-0.05, 0) is 31.7 Å². The van der Waals surface area contributed by atoms with Gasteiger partial charge in [0.2, 0.25) is 0 Å². The van der Waals surface area contributed by atoms with Crippen LogP contribution in [-0.4, -0.2) is 12.0 Å². The lowest BCUT2D eigenvalue weighted by Crippen LogP contribution is -2.12. The molecule has 1 heterocycles. The first-order valence-electron chi connectivity index (χ1n) is 5.56. The molecule has 1 N–H and O–H groups in total. The summed E-state index contributed by atoms with van der Waals surface area (Å²) in [5.74, 6) is 0.887. The van der Waals surface area contributed by atoms with Crippen LogP contribution in [0.25, 0.3) is 0 Å². The van der Waals surface area contributed by atoms with Crippen molar-refractivity contribution in [3.63, 3.8) is 0 Å². The topological polar surface area (TPSA) is 34.1 Å². The maximum atomic E-state index is 5.70. The Balaban J connectivity index is 2.01. The Labute approximate surface area is 105 Å². The molecule has 2 rings (SSSR count). The maximum absolute atomic E-state index is 5.70. The van der Waals surface area contributed by atoms with Crippen LogP contribution in [0, 0.1) is 0 Å². The highest BCUT2D eigenvalue weighted by Gasteiger charge is 2.04. The molecular weight excluding hydrogens is 232 g/mol. The van der Waals surface area contributed by atoms with Gasteiger partial charge in [0.1, 0.15) is 12.4 Å². The van der Waals surface area contributed by atoms with E-state index in [2.05, 4.69) is 29.4 Å². The largest absolute Gasteiger partial charge is 0.487 e. The molecular formula is C13H16N2OS. The molecule has 0 spiro atoms. The van der Waals surface area contributed by atoms with E-state index >= 15 is 0 Å². The highest BCUT2D eigenvalue weighted by Crippen LogP contribution is 2.19. The molecule has 0 saturated carbocycles. The average Bonchev–Trinajstić information content (AvgIpc) is 2.89. The van der Waals surface area contributed by atoms with Crippen molar-refractivity contribution in [1.29, 1.82) is 0 Å². The van der Waals surface area contributed by atoms with Crippen molar-refractivity contribution in [2.45, 2.75) is 19.6 Å². The van der Waals surface area contributed by atoms with Crippen molar-refractivity contribution >= 4 is 11.3 Å². The second-order valence-corrected chi connectivity index (χ2v) is 4.57. The minimum absolute atomic E-state index is 0.331. The maximum Gasteiger partial charge on any atom is 0.131 e. The molecule has 0 radical (unpaired) electrons. The van der Waals surface area contributed by atoms with Crippen molar-refractivity contribution in [2.24, 2.45) is 0 Å². The molecule has 0 amide bonds. The Kier molecular flexibility index (Phi) is 4.12. The van der Waals surface area contributed by atoms with Gasteiger partial charge in [-0.15, -0.1) is 11.3 Å². The van der Waals surface area contributed by atoms with Crippen molar-refractivity contribution < 1.29 is 4.74 Å². The van der Waals surface area contributed by atoms with E-state index in [1.807, 2.05) is 30.1 Å². The molecule has 3 nitrogen and oxygen atoms in total. The van der Waals surface area contributed by atoms with Crippen LogP contribution in [-0.2, 0) is 6.61 Å². The van der Waals surface area contributed by atoms with E-state index in [9.17, 15) is 0 Å². The standard InChI is InChI=1S/C13H16N2OS/c1-10(14-2)11-4-3-5-13(6-11)16-7-12-8-17-9-15-12/h3-6,8-10,14H,7H2,1-2H3. The summed E-state index contributed by atoms with van der Waals surface area (Å²) in [6.07, 6.45) is 0. The first kappa shape index (κ1) is 12.1. The number of aromatic nitrogens is 1. The molecule has 90 valence electrons. The Morgan fingerprint density at radius 3 is 3.06 bits per heavy atom. The van der Waals surface area contributed by atoms with Crippen LogP contribution in [0.15, 0.2) is 35.2 Å². The molecule has 0 bridgehead atoms. The predicted molar refractivity (Wildman–Crippen MR) is 70.4 cm³/mol. The molecule has 17 heavy (non-hydrogen) atoms. The van der Waals surface area contributed by atoms with Crippen LogP contribution >= 0.6 is 11.3 Å². The highest BCUT2D eigenvalue weighted by molar-refractivity contribution is 7.07. The number of thiazole rings is 1. The smallest absolute Gasteiger partial charge is 0.131 e. The van der Waals surface area contributed by atoms with Gasteiger partial charge < -0.3 is 10.1 Å². The first-order valence-corrected chi connectivity index (χ1v) is 6.51. The molecule has 0 fully saturated rings. The van der Waals surface area contributed by atoms with Gasteiger partial charge in [0.15, 0.2) is 0 Å². The Hall–Kier alpha value is -1.39. The van der Waals surface area contributed by atoms with E-state index in [1.165, 1.54) is 5.56 Å². The van der Waals surface area contributed by atoms with Crippen LogP contribution in [0.3, 0.4) is 0 Å². The highest BCUT2D eigenvalue weighted by atomic mass is 32.1. The molecule has 0 aliphatic heterocycles. The van der Waals surface area contributed by atoms with Gasteiger partial charge in [-0.3, -0.25) is 0 Å². The second kappa shape index (κ2) is 5.80. The van der Waals surface area contributed by atoms with E-state index in [0.717, 1.165) is 11.4 Å². The van der Waals surface area contributed by atoms with Crippen LogP contribution < -0.4 is 10.1 Å². The number of nitrogens with zero attached hydrogens (tertiary/aromatic N) is 1. The number of hydrogen-bond acceptors (Lipinski definition) is 4. The SMILES string of the molecule is CNC(C)c1cccc(OCc2cscn2)c1. The summed E-state index contributed by atoms with van der Waals surface area (Å²) < 4.78 is 5.70. The second-order valence-electron chi connectivity index (χ2n) is 3.85. The quantitative estimate of drug-likeness (QED) is 0.883. The summed E-state index contributed by atoms with van der Waals surface area (Å²) in [7, 11) is 1.95. The van der Waals surface area contributed by atoms with Crippen molar-refractivity contribution in [2.75, 3.05) is 7.05 Å². The van der Waals surface area contributed by atoms with Crippen molar-refractivity contribution in [1.82, 2.24) is 10.3 Å². The fraction of sp³-hybridized carbons (Fsp3) is 0.308. The van der Waals surface area contributed by atoms with Crippen LogP contribution in [0.1, 0.15) is 24.2 Å². The zero-order valence-electron chi connectivity index (χ0n) is 10.0.